The highest BCUT2D eigenvalue weighted by molar-refractivity contribution is 9.10. The molecule has 5 heteroatoms. The van der Waals surface area contributed by atoms with Gasteiger partial charge in [0.15, 0.2) is 0 Å². The number of hydrogen-bond donors (Lipinski definition) is 1. The van der Waals surface area contributed by atoms with Crippen molar-refractivity contribution in [3.63, 3.8) is 0 Å². The average molecular weight is 287 g/mol. The molecule has 0 spiro atoms. The molecule has 0 unspecified atom stereocenters. The second kappa shape index (κ2) is 5.70. The van der Waals surface area contributed by atoms with E-state index in [4.69, 9.17) is 22.1 Å². The van der Waals surface area contributed by atoms with E-state index in [0.717, 1.165) is 15.8 Å². The summed E-state index contributed by atoms with van der Waals surface area (Å²) in [6.07, 6.45) is 0. The van der Waals surface area contributed by atoms with Gasteiger partial charge in [0.05, 0.1) is 12.1 Å². The van der Waals surface area contributed by atoms with E-state index in [9.17, 15) is 0 Å². The van der Waals surface area contributed by atoms with Crippen LogP contribution in [0.4, 0.5) is 0 Å². The molecule has 0 heterocycles. The van der Waals surface area contributed by atoms with E-state index in [1.807, 2.05) is 6.07 Å². The summed E-state index contributed by atoms with van der Waals surface area (Å²) >= 11 is 9.16. The van der Waals surface area contributed by atoms with Crippen molar-refractivity contribution in [2.75, 3.05) is 7.11 Å². The summed E-state index contributed by atoms with van der Waals surface area (Å²) < 4.78 is 5.93. The number of methoxy groups -OCH3 is 1. The molecule has 1 aromatic carbocycles. The van der Waals surface area contributed by atoms with E-state index in [2.05, 4.69) is 15.9 Å². The first-order valence-corrected chi connectivity index (χ1v) is 4.58. The molecule has 0 aliphatic rings. The summed E-state index contributed by atoms with van der Waals surface area (Å²) in [5.41, 5.74) is 6.44. The topological polar surface area (TPSA) is 35.2 Å². The molecule has 0 aliphatic heterocycles. The fraction of sp³-hybridized carbons (Fsp3) is 0.250. The van der Waals surface area contributed by atoms with Crippen LogP contribution >= 0.6 is 39.9 Å². The van der Waals surface area contributed by atoms with Gasteiger partial charge in [-0.1, -0.05) is 11.6 Å². The van der Waals surface area contributed by atoms with E-state index in [-0.39, 0.29) is 12.4 Å². The first-order chi connectivity index (χ1) is 5.69. The van der Waals surface area contributed by atoms with E-state index in [0.29, 0.717) is 11.6 Å². The highest BCUT2D eigenvalue weighted by atomic mass is 79.9. The smallest absolute Gasteiger partial charge is 0.124 e. The lowest BCUT2D eigenvalue weighted by Gasteiger charge is -2.07. The maximum atomic E-state index is 5.85. The standard InChI is InChI=1S/C8H9BrClNO.ClH/c1-12-8-3-7(10)6(9)2-5(8)4-11;/h2-3H,4,11H2,1H3;1H. The molecule has 0 amide bonds. The minimum atomic E-state index is 0. The Morgan fingerprint density at radius 1 is 1.54 bits per heavy atom. The highest BCUT2D eigenvalue weighted by Gasteiger charge is 2.05. The van der Waals surface area contributed by atoms with Crippen LogP contribution in [0.1, 0.15) is 5.56 Å². The third kappa shape index (κ3) is 3.02. The van der Waals surface area contributed by atoms with Gasteiger partial charge in [0.25, 0.3) is 0 Å². The Bertz CT molecular complexity index is 265. The van der Waals surface area contributed by atoms with Gasteiger partial charge in [-0.3, -0.25) is 0 Å². The van der Waals surface area contributed by atoms with Crippen LogP contribution in [0.25, 0.3) is 0 Å². The van der Waals surface area contributed by atoms with Crippen LogP contribution in [0, 0.1) is 0 Å². The second-order valence-electron chi connectivity index (χ2n) is 2.28. The maximum absolute atomic E-state index is 5.85. The summed E-state index contributed by atoms with van der Waals surface area (Å²) in [5, 5.41) is 0.629. The van der Waals surface area contributed by atoms with Gasteiger partial charge in [0.2, 0.25) is 0 Å². The molecule has 0 saturated heterocycles. The van der Waals surface area contributed by atoms with Crippen LogP contribution in [0.2, 0.25) is 5.02 Å². The summed E-state index contributed by atoms with van der Waals surface area (Å²) in [6, 6.07) is 3.61. The van der Waals surface area contributed by atoms with Gasteiger partial charge in [-0.2, -0.15) is 0 Å². The van der Waals surface area contributed by atoms with Crippen molar-refractivity contribution in [3.05, 3.63) is 27.2 Å². The van der Waals surface area contributed by atoms with Gasteiger partial charge in [0.1, 0.15) is 5.75 Å². The van der Waals surface area contributed by atoms with Crippen molar-refractivity contribution in [1.82, 2.24) is 0 Å². The lowest BCUT2D eigenvalue weighted by atomic mass is 10.2. The van der Waals surface area contributed by atoms with E-state index in [1.54, 1.807) is 13.2 Å². The van der Waals surface area contributed by atoms with E-state index < -0.39 is 0 Å². The van der Waals surface area contributed by atoms with Gasteiger partial charge >= 0.3 is 0 Å². The zero-order valence-corrected chi connectivity index (χ0v) is 10.2. The summed E-state index contributed by atoms with van der Waals surface area (Å²) in [7, 11) is 1.60. The van der Waals surface area contributed by atoms with Gasteiger partial charge in [-0.25, -0.2) is 0 Å². The fourth-order valence-electron chi connectivity index (χ4n) is 0.919. The van der Waals surface area contributed by atoms with Crippen molar-refractivity contribution in [3.8, 4) is 5.75 Å². The molecule has 2 N–H and O–H groups in total. The Labute approximate surface area is 96.9 Å². The fourth-order valence-corrected chi connectivity index (χ4v) is 1.46. The van der Waals surface area contributed by atoms with Gasteiger partial charge in [-0.15, -0.1) is 12.4 Å². The largest absolute Gasteiger partial charge is 0.496 e. The number of hydrogen-bond acceptors (Lipinski definition) is 2. The quantitative estimate of drug-likeness (QED) is 0.907. The van der Waals surface area contributed by atoms with Gasteiger partial charge in [-0.05, 0) is 22.0 Å². The normalized spacial score (nSPS) is 9.23. The van der Waals surface area contributed by atoms with Crippen LogP contribution in [-0.4, -0.2) is 7.11 Å². The molecule has 0 atom stereocenters. The van der Waals surface area contributed by atoms with Crippen LogP contribution in [0.5, 0.6) is 5.75 Å². The van der Waals surface area contributed by atoms with Crippen LogP contribution in [-0.2, 0) is 6.54 Å². The zero-order valence-electron chi connectivity index (χ0n) is 7.01. The Hall–Kier alpha value is 0.0400. The number of rotatable bonds is 2. The molecule has 0 saturated carbocycles. The average Bonchev–Trinajstić information content (AvgIpc) is 2.09. The Kier molecular flexibility index (Phi) is 5.72. The summed E-state index contributed by atoms with van der Waals surface area (Å²) in [5.74, 6) is 0.728. The summed E-state index contributed by atoms with van der Waals surface area (Å²) in [6.45, 7) is 0.443. The maximum Gasteiger partial charge on any atom is 0.124 e. The molecule has 0 fully saturated rings. The molecular weight excluding hydrogens is 277 g/mol. The number of halogens is 3. The molecule has 1 rings (SSSR count). The molecule has 74 valence electrons. The SMILES string of the molecule is COc1cc(Cl)c(Br)cc1CN.Cl. The summed E-state index contributed by atoms with van der Waals surface area (Å²) in [4.78, 5) is 0. The predicted octanol–water partition coefficient (Wildman–Crippen LogP) is 2.99. The molecule has 0 radical (unpaired) electrons. The lowest BCUT2D eigenvalue weighted by molar-refractivity contribution is 0.410. The lowest BCUT2D eigenvalue weighted by Crippen LogP contribution is -1.99. The van der Waals surface area contributed by atoms with Crippen molar-refractivity contribution in [2.45, 2.75) is 6.54 Å². The Morgan fingerprint density at radius 3 is 2.62 bits per heavy atom. The molecule has 1 aromatic rings. The minimum absolute atomic E-state index is 0. The monoisotopic (exact) mass is 285 g/mol. The number of nitrogens with two attached hydrogens (primary N) is 1. The molecule has 0 aromatic heterocycles. The highest BCUT2D eigenvalue weighted by Crippen LogP contribution is 2.30. The molecule has 13 heavy (non-hydrogen) atoms. The van der Waals surface area contributed by atoms with E-state index in [1.165, 1.54) is 0 Å². The van der Waals surface area contributed by atoms with Crippen LogP contribution in [0.15, 0.2) is 16.6 Å². The predicted molar refractivity (Wildman–Crippen MR) is 60.8 cm³/mol. The zero-order chi connectivity index (χ0) is 9.14. The van der Waals surface area contributed by atoms with Crippen molar-refractivity contribution < 1.29 is 4.74 Å². The molecule has 0 bridgehead atoms. The van der Waals surface area contributed by atoms with Gasteiger partial charge < -0.3 is 10.5 Å². The van der Waals surface area contributed by atoms with Gasteiger partial charge in [0, 0.05) is 22.6 Å². The van der Waals surface area contributed by atoms with Crippen molar-refractivity contribution in [1.29, 1.82) is 0 Å². The minimum Gasteiger partial charge on any atom is -0.496 e. The molecule has 0 aliphatic carbocycles. The first kappa shape index (κ1) is 13.0. The number of ether oxygens (including phenoxy) is 1. The van der Waals surface area contributed by atoms with Crippen LogP contribution < -0.4 is 10.5 Å². The molecule has 2 nitrogen and oxygen atoms in total. The third-order valence-corrected chi connectivity index (χ3v) is 2.74. The Balaban J connectivity index is 0.00000144. The van der Waals surface area contributed by atoms with Crippen molar-refractivity contribution >= 4 is 39.9 Å². The van der Waals surface area contributed by atoms with E-state index >= 15 is 0 Å². The Morgan fingerprint density at radius 2 is 2.15 bits per heavy atom. The van der Waals surface area contributed by atoms with Crippen molar-refractivity contribution in [2.24, 2.45) is 5.73 Å². The number of benzene rings is 1. The second-order valence-corrected chi connectivity index (χ2v) is 3.54. The molecular formula is C8H10BrCl2NO. The third-order valence-electron chi connectivity index (χ3n) is 1.54. The van der Waals surface area contributed by atoms with Crippen LogP contribution in [0.3, 0.4) is 0 Å². The first-order valence-electron chi connectivity index (χ1n) is 3.41.